The Morgan fingerprint density at radius 1 is 1.24 bits per heavy atom. The number of carbonyl (C=O) groups excluding carboxylic acids is 1. The van der Waals surface area contributed by atoms with Crippen molar-refractivity contribution in [2.24, 2.45) is 5.92 Å². The van der Waals surface area contributed by atoms with Gasteiger partial charge in [0.05, 0.1) is 5.56 Å². The maximum absolute atomic E-state index is 12.9. The fraction of sp³-hybridized carbons (Fsp3) is 0.588. The molecule has 116 valence electrons. The van der Waals surface area contributed by atoms with E-state index in [0.29, 0.717) is 23.2 Å². The minimum Gasteiger partial charge on any atom is -0.399 e. The predicted molar refractivity (Wildman–Crippen MR) is 88.7 cm³/mol. The molecule has 1 aromatic rings. The molecule has 0 spiro atoms. The molecule has 4 nitrogen and oxygen atoms in total. The van der Waals surface area contributed by atoms with Crippen molar-refractivity contribution >= 4 is 17.3 Å². The highest BCUT2D eigenvalue weighted by molar-refractivity contribution is 6.00. The minimum atomic E-state index is 0.0742. The van der Waals surface area contributed by atoms with Gasteiger partial charge in [0.1, 0.15) is 0 Å². The lowest BCUT2D eigenvalue weighted by atomic mass is 9.86. The quantitative estimate of drug-likeness (QED) is 0.870. The molecule has 2 N–H and O–H groups in total. The molecule has 1 amide bonds. The Kier molecular flexibility index (Phi) is 4.76. The largest absolute Gasteiger partial charge is 0.399 e. The maximum Gasteiger partial charge on any atom is 0.256 e. The van der Waals surface area contributed by atoms with E-state index in [9.17, 15) is 4.79 Å². The number of rotatable bonds is 3. The molecular weight excluding hydrogens is 262 g/mol. The van der Waals surface area contributed by atoms with Gasteiger partial charge in [0.15, 0.2) is 0 Å². The SMILES string of the molecule is CC1CCCC(N(C)C(=O)c2cc(N)ccc2N(C)C)C1. The van der Waals surface area contributed by atoms with Gasteiger partial charge in [0, 0.05) is 38.6 Å². The van der Waals surface area contributed by atoms with Crippen molar-refractivity contribution in [2.45, 2.75) is 38.6 Å². The number of hydrogen-bond donors (Lipinski definition) is 1. The second-order valence-corrected chi connectivity index (χ2v) is 6.51. The minimum absolute atomic E-state index is 0.0742. The summed E-state index contributed by atoms with van der Waals surface area (Å²) in [5.41, 5.74) is 8.13. The Balaban J connectivity index is 2.24. The van der Waals surface area contributed by atoms with Gasteiger partial charge in [-0.05, 0) is 37.0 Å². The van der Waals surface area contributed by atoms with Crippen LogP contribution in [0.1, 0.15) is 43.0 Å². The third-order valence-corrected chi connectivity index (χ3v) is 4.51. The topological polar surface area (TPSA) is 49.6 Å². The van der Waals surface area contributed by atoms with Gasteiger partial charge < -0.3 is 15.5 Å². The number of anilines is 2. The molecule has 0 bridgehead atoms. The maximum atomic E-state index is 12.9. The van der Waals surface area contributed by atoms with E-state index in [0.717, 1.165) is 18.5 Å². The number of nitrogens with zero attached hydrogens (tertiary/aromatic N) is 2. The normalized spacial score (nSPS) is 21.9. The first-order valence-corrected chi connectivity index (χ1v) is 7.74. The fourth-order valence-electron chi connectivity index (χ4n) is 3.22. The van der Waals surface area contributed by atoms with Crippen LogP contribution in [0.5, 0.6) is 0 Å². The molecule has 4 heteroatoms. The molecule has 2 rings (SSSR count). The predicted octanol–water partition coefficient (Wildman–Crippen LogP) is 2.99. The van der Waals surface area contributed by atoms with Gasteiger partial charge in [-0.1, -0.05) is 19.8 Å². The first-order chi connectivity index (χ1) is 9.90. The summed E-state index contributed by atoms with van der Waals surface area (Å²) in [6.45, 7) is 2.27. The van der Waals surface area contributed by atoms with Gasteiger partial charge in [-0.2, -0.15) is 0 Å². The van der Waals surface area contributed by atoms with Crippen LogP contribution in [0.4, 0.5) is 11.4 Å². The van der Waals surface area contributed by atoms with Crippen molar-refractivity contribution in [2.75, 3.05) is 31.8 Å². The van der Waals surface area contributed by atoms with E-state index in [1.165, 1.54) is 12.8 Å². The summed E-state index contributed by atoms with van der Waals surface area (Å²) in [6, 6.07) is 5.90. The van der Waals surface area contributed by atoms with Gasteiger partial charge >= 0.3 is 0 Å². The van der Waals surface area contributed by atoms with Crippen LogP contribution in [-0.4, -0.2) is 38.0 Å². The van der Waals surface area contributed by atoms with Gasteiger partial charge in [0.2, 0.25) is 0 Å². The van der Waals surface area contributed by atoms with Crippen LogP contribution in [0.25, 0.3) is 0 Å². The van der Waals surface area contributed by atoms with Gasteiger partial charge in [-0.25, -0.2) is 0 Å². The van der Waals surface area contributed by atoms with Crippen molar-refractivity contribution in [3.8, 4) is 0 Å². The Labute approximate surface area is 127 Å². The summed E-state index contributed by atoms with van der Waals surface area (Å²) in [6.07, 6.45) is 4.69. The summed E-state index contributed by atoms with van der Waals surface area (Å²) in [5, 5.41) is 0. The molecule has 1 aromatic carbocycles. The Hall–Kier alpha value is -1.71. The summed E-state index contributed by atoms with van der Waals surface area (Å²) in [7, 11) is 5.82. The Morgan fingerprint density at radius 3 is 2.57 bits per heavy atom. The number of nitrogen functional groups attached to an aromatic ring is 1. The van der Waals surface area contributed by atoms with Crippen LogP contribution in [0.3, 0.4) is 0 Å². The third-order valence-electron chi connectivity index (χ3n) is 4.51. The highest BCUT2D eigenvalue weighted by Crippen LogP contribution is 2.29. The second-order valence-electron chi connectivity index (χ2n) is 6.51. The zero-order chi connectivity index (χ0) is 15.6. The molecule has 1 aliphatic carbocycles. The average molecular weight is 289 g/mol. The van der Waals surface area contributed by atoms with E-state index >= 15 is 0 Å². The Bertz CT molecular complexity index is 513. The second kappa shape index (κ2) is 6.37. The van der Waals surface area contributed by atoms with Crippen LogP contribution in [0, 0.1) is 5.92 Å². The molecule has 0 saturated heterocycles. The average Bonchev–Trinajstić information content (AvgIpc) is 2.45. The fourth-order valence-corrected chi connectivity index (χ4v) is 3.22. The molecule has 1 fully saturated rings. The van der Waals surface area contributed by atoms with E-state index in [-0.39, 0.29) is 5.91 Å². The van der Waals surface area contributed by atoms with E-state index in [1.54, 1.807) is 6.07 Å². The first-order valence-electron chi connectivity index (χ1n) is 7.74. The number of nitrogens with two attached hydrogens (primary N) is 1. The standard InChI is InChI=1S/C17H27N3O/c1-12-6-5-7-14(10-12)20(4)17(21)15-11-13(18)8-9-16(15)19(2)3/h8-9,11-12,14H,5-7,10,18H2,1-4H3. The van der Waals surface area contributed by atoms with Crippen LogP contribution in [0.15, 0.2) is 18.2 Å². The van der Waals surface area contributed by atoms with Gasteiger partial charge in [-0.15, -0.1) is 0 Å². The number of carbonyl (C=O) groups is 1. The summed E-state index contributed by atoms with van der Waals surface area (Å²) in [5.74, 6) is 0.776. The van der Waals surface area contributed by atoms with Crippen LogP contribution < -0.4 is 10.6 Å². The van der Waals surface area contributed by atoms with Gasteiger partial charge in [-0.3, -0.25) is 4.79 Å². The molecule has 1 aliphatic rings. The zero-order valence-electron chi connectivity index (χ0n) is 13.6. The smallest absolute Gasteiger partial charge is 0.256 e. The van der Waals surface area contributed by atoms with E-state index in [1.807, 2.05) is 43.1 Å². The highest BCUT2D eigenvalue weighted by atomic mass is 16.2. The third kappa shape index (κ3) is 3.49. The van der Waals surface area contributed by atoms with Crippen molar-refractivity contribution in [3.05, 3.63) is 23.8 Å². The number of amides is 1. The monoisotopic (exact) mass is 289 g/mol. The molecule has 21 heavy (non-hydrogen) atoms. The number of benzene rings is 1. The lowest BCUT2D eigenvalue weighted by Crippen LogP contribution is -2.40. The van der Waals surface area contributed by atoms with Crippen molar-refractivity contribution in [1.29, 1.82) is 0 Å². The lowest BCUT2D eigenvalue weighted by molar-refractivity contribution is 0.0673. The lowest BCUT2D eigenvalue weighted by Gasteiger charge is -2.34. The molecule has 2 unspecified atom stereocenters. The zero-order valence-corrected chi connectivity index (χ0v) is 13.6. The molecule has 1 saturated carbocycles. The van der Waals surface area contributed by atoms with Crippen LogP contribution in [0.2, 0.25) is 0 Å². The molecular formula is C17H27N3O. The van der Waals surface area contributed by atoms with E-state index in [4.69, 9.17) is 5.73 Å². The molecule has 2 atom stereocenters. The van der Waals surface area contributed by atoms with Crippen LogP contribution >= 0.6 is 0 Å². The van der Waals surface area contributed by atoms with Crippen LogP contribution in [-0.2, 0) is 0 Å². The molecule has 0 aromatic heterocycles. The molecule has 0 heterocycles. The van der Waals surface area contributed by atoms with E-state index in [2.05, 4.69) is 6.92 Å². The summed E-state index contributed by atoms with van der Waals surface area (Å²) < 4.78 is 0. The first kappa shape index (κ1) is 15.7. The van der Waals surface area contributed by atoms with Gasteiger partial charge in [0.25, 0.3) is 5.91 Å². The summed E-state index contributed by atoms with van der Waals surface area (Å²) >= 11 is 0. The number of hydrogen-bond acceptors (Lipinski definition) is 3. The van der Waals surface area contributed by atoms with Crippen molar-refractivity contribution in [3.63, 3.8) is 0 Å². The van der Waals surface area contributed by atoms with Crippen molar-refractivity contribution in [1.82, 2.24) is 4.90 Å². The highest BCUT2D eigenvalue weighted by Gasteiger charge is 2.27. The van der Waals surface area contributed by atoms with Crippen molar-refractivity contribution < 1.29 is 4.79 Å². The molecule has 0 radical (unpaired) electrons. The van der Waals surface area contributed by atoms with E-state index < -0.39 is 0 Å². The molecule has 0 aliphatic heterocycles. The Morgan fingerprint density at radius 2 is 1.95 bits per heavy atom. The summed E-state index contributed by atoms with van der Waals surface area (Å²) in [4.78, 5) is 16.7.